The maximum atomic E-state index is 13.7. The van der Waals surface area contributed by atoms with Crippen LogP contribution in [0.5, 0.6) is 0 Å². The summed E-state index contributed by atoms with van der Waals surface area (Å²) in [6.07, 6.45) is 2.44. The standard InChI is InChI=1S/C12H14ClF2NO2S/c1-16(9-3-2-4-9)19(17,18)11-6-8(7-13)5-10(14)12(11)15/h5-6,9H,2-4,7H2,1H3. The van der Waals surface area contributed by atoms with Gasteiger partial charge in [0.05, 0.1) is 0 Å². The summed E-state index contributed by atoms with van der Waals surface area (Å²) in [5, 5.41) is 0. The Labute approximate surface area is 116 Å². The van der Waals surface area contributed by atoms with E-state index in [1.807, 2.05) is 0 Å². The van der Waals surface area contributed by atoms with Crippen molar-refractivity contribution in [2.75, 3.05) is 7.05 Å². The molecule has 0 spiro atoms. The minimum atomic E-state index is -4.03. The van der Waals surface area contributed by atoms with Crippen molar-refractivity contribution in [2.24, 2.45) is 0 Å². The molecule has 0 atom stereocenters. The van der Waals surface area contributed by atoms with Crippen molar-refractivity contribution in [2.45, 2.75) is 36.1 Å². The van der Waals surface area contributed by atoms with Gasteiger partial charge in [-0.1, -0.05) is 6.42 Å². The molecule has 1 aliphatic carbocycles. The molecular formula is C12H14ClF2NO2S. The van der Waals surface area contributed by atoms with E-state index in [1.165, 1.54) is 7.05 Å². The quantitative estimate of drug-likeness (QED) is 0.802. The highest BCUT2D eigenvalue weighted by atomic mass is 35.5. The molecule has 7 heteroatoms. The molecule has 0 aromatic heterocycles. The first-order valence-electron chi connectivity index (χ1n) is 5.90. The fourth-order valence-corrected chi connectivity index (χ4v) is 3.68. The molecule has 1 aliphatic rings. The number of hydrogen-bond acceptors (Lipinski definition) is 2. The highest BCUT2D eigenvalue weighted by Gasteiger charge is 2.34. The third-order valence-electron chi connectivity index (χ3n) is 3.45. The van der Waals surface area contributed by atoms with E-state index in [1.54, 1.807) is 0 Å². The van der Waals surface area contributed by atoms with Crippen LogP contribution in [0.4, 0.5) is 8.78 Å². The number of rotatable bonds is 4. The molecule has 0 N–H and O–H groups in total. The van der Waals surface area contributed by atoms with Gasteiger partial charge in [-0.05, 0) is 30.5 Å². The van der Waals surface area contributed by atoms with Crippen LogP contribution in [0, 0.1) is 11.6 Å². The second-order valence-corrected chi connectivity index (χ2v) is 6.86. The molecular weight excluding hydrogens is 296 g/mol. The molecule has 1 aromatic carbocycles. The van der Waals surface area contributed by atoms with Gasteiger partial charge in [0.15, 0.2) is 11.6 Å². The van der Waals surface area contributed by atoms with Gasteiger partial charge >= 0.3 is 0 Å². The van der Waals surface area contributed by atoms with Gasteiger partial charge in [-0.2, -0.15) is 4.31 Å². The summed E-state index contributed by atoms with van der Waals surface area (Å²) in [5.74, 6) is -2.62. The van der Waals surface area contributed by atoms with Crippen molar-refractivity contribution in [3.05, 3.63) is 29.3 Å². The molecule has 106 valence electrons. The fourth-order valence-electron chi connectivity index (χ4n) is 1.98. The average Bonchev–Trinajstić information content (AvgIpc) is 2.29. The molecule has 0 radical (unpaired) electrons. The first kappa shape index (κ1) is 14.7. The summed E-state index contributed by atoms with van der Waals surface area (Å²) < 4.78 is 52.8. The summed E-state index contributed by atoms with van der Waals surface area (Å²) in [6, 6.07) is 1.87. The monoisotopic (exact) mass is 309 g/mol. The van der Waals surface area contributed by atoms with Gasteiger partial charge in [-0.3, -0.25) is 0 Å². The molecule has 0 amide bonds. The lowest BCUT2D eigenvalue weighted by molar-refractivity contribution is 0.249. The van der Waals surface area contributed by atoms with Crippen LogP contribution in [0.2, 0.25) is 0 Å². The largest absolute Gasteiger partial charge is 0.246 e. The Morgan fingerprint density at radius 2 is 2.00 bits per heavy atom. The maximum Gasteiger partial charge on any atom is 0.246 e. The van der Waals surface area contributed by atoms with Gasteiger partial charge in [0.25, 0.3) is 0 Å². The van der Waals surface area contributed by atoms with E-state index >= 15 is 0 Å². The number of halogens is 3. The SMILES string of the molecule is CN(C1CCC1)S(=O)(=O)c1cc(CCl)cc(F)c1F. The molecule has 0 saturated heterocycles. The fraction of sp³-hybridized carbons (Fsp3) is 0.500. The van der Waals surface area contributed by atoms with Crippen LogP contribution >= 0.6 is 11.6 Å². The highest BCUT2D eigenvalue weighted by Crippen LogP contribution is 2.30. The van der Waals surface area contributed by atoms with Crippen LogP contribution < -0.4 is 0 Å². The molecule has 3 nitrogen and oxygen atoms in total. The molecule has 0 unspecified atom stereocenters. The predicted octanol–water partition coefficient (Wildman–Crippen LogP) is 2.88. The summed E-state index contributed by atoms with van der Waals surface area (Å²) in [5.41, 5.74) is 0.237. The second-order valence-electron chi connectivity index (χ2n) is 4.63. The van der Waals surface area contributed by atoms with E-state index in [-0.39, 0.29) is 17.5 Å². The van der Waals surface area contributed by atoms with E-state index in [0.717, 1.165) is 35.7 Å². The lowest BCUT2D eigenvalue weighted by Crippen LogP contribution is -2.41. The van der Waals surface area contributed by atoms with E-state index in [4.69, 9.17) is 11.6 Å². The number of sulfonamides is 1. The van der Waals surface area contributed by atoms with Crippen molar-refractivity contribution in [1.82, 2.24) is 4.31 Å². The van der Waals surface area contributed by atoms with Crippen molar-refractivity contribution in [1.29, 1.82) is 0 Å². The Morgan fingerprint density at radius 3 is 2.47 bits per heavy atom. The molecule has 0 bridgehead atoms. The molecule has 0 aliphatic heterocycles. The minimum absolute atomic E-state index is 0.0765. The summed E-state index contributed by atoms with van der Waals surface area (Å²) in [6.45, 7) is 0. The summed E-state index contributed by atoms with van der Waals surface area (Å²) in [7, 11) is -2.63. The Morgan fingerprint density at radius 1 is 1.37 bits per heavy atom. The van der Waals surface area contributed by atoms with Crippen LogP contribution in [0.3, 0.4) is 0 Å². The van der Waals surface area contributed by atoms with Crippen LogP contribution in [0.25, 0.3) is 0 Å². The lowest BCUT2D eigenvalue weighted by Gasteiger charge is -2.33. The topological polar surface area (TPSA) is 37.4 Å². The maximum absolute atomic E-state index is 13.7. The average molecular weight is 310 g/mol. The normalized spacial score (nSPS) is 16.7. The lowest BCUT2D eigenvalue weighted by atomic mass is 9.94. The van der Waals surface area contributed by atoms with Gasteiger partial charge in [0.1, 0.15) is 4.90 Å². The Kier molecular flexibility index (Phi) is 4.13. The minimum Gasteiger partial charge on any atom is -0.207 e. The summed E-state index contributed by atoms with van der Waals surface area (Å²) >= 11 is 5.56. The van der Waals surface area contributed by atoms with Crippen molar-refractivity contribution in [3.8, 4) is 0 Å². The van der Waals surface area contributed by atoms with Gasteiger partial charge < -0.3 is 0 Å². The first-order chi connectivity index (χ1) is 8.87. The van der Waals surface area contributed by atoms with Crippen molar-refractivity contribution in [3.63, 3.8) is 0 Å². The zero-order valence-electron chi connectivity index (χ0n) is 10.4. The number of alkyl halides is 1. The molecule has 1 saturated carbocycles. The number of benzene rings is 1. The number of hydrogen-bond donors (Lipinski definition) is 0. The molecule has 1 fully saturated rings. The van der Waals surface area contributed by atoms with Crippen LogP contribution in [0.15, 0.2) is 17.0 Å². The van der Waals surface area contributed by atoms with Crippen LogP contribution in [0.1, 0.15) is 24.8 Å². The zero-order valence-corrected chi connectivity index (χ0v) is 11.9. The Hall–Kier alpha value is -0.720. The van der Waals surface area contributed by atoms with E-state index in [0.29, 0.717) is 0 Å². The predicted molar refractivity (Wildman–Crippen MR) is 68.5 cm³/mol. The summed E-state index contributed by atoms with van der Waals surface area (Å²) in [4.78, 5) is -0.641. The smallest absolute Gasteiger partial charge is 0.207 e. The highest BCUT2D eigenvalue weighted by molar-refractivity contribution is 7.89. The van der Waals surface area contributed by atoms with Crippen molar-refractivity contribution < 1.29 is 17.2 Å². The third kappa shape index (κ3) is 2.61. The Balaban J connectivity index is 2.47. The van der Waals surface area contributed by atoms with Crippen LogP contribution in [-0.4, -0.2) is 25.8 Å². The van der Waals surface area contributed by atoms with E-state index in [9.17, 15) is 17.2 Å². The molecule has 1 aromatic rings. The number of nitrogens with zero attached hydrogens (tertiary/aromatic N) is 1. The Bertz CT molecular complexity index is 588. The second kappa shape index (κ2) is 5.34. The molecule has 2 rings (SSSR count). The third-order valence-corrected chi connectivity index (χ3v) is 5.67. The van der Waals surface area contributed by atoms with Crippen molar-refractivity contribution >= 4 is 21.6 Å². The van der Waals surface area contributed by atoms with E-state index < -0.39 is 26.6 Å². The molecule has 0 heterocycles. The van der Waals surface area contributed by atoms with Crippen LogP contribution in [-0.2, 0) is 15.9 Å². The van der Waals surface area contributed by atoms with E-state index in [2.05, 4.69) is 0 Å². The van der Waals surface area contributed by atoms with Gasteiger partial charge in [-0.25, -0.2) is 17.2 Å². The molecule has 19 heavy (non-hydrogen) atoms. The van der Waals surface area contributed by atoms with Gasteiger partial charge in [0, 0.05) is 19.0 Å². The van der Waals surface area contributed by atoms with Gasteiger partial charge in [0.2, 0.25) is 10.0 Å². The first-order valence-corrected chi connectivity index (χ1v) is 7.87. The zero-order chi connectivity index (χ0) is 14.2. The van der Waals surface area contributed by atoms with Gasteiger partial charge in [-0.15, -0.1) is 11.6 Å².